The Morgan fingerprint density at radius 3 is 2.80 bits per heavy atom. The van der Waals surface area contributed by atoms with Crippen molar-refractivity contribution in [2.24, 2.45) is 13.0 Å². The fraction of sp³-hybridized carbons (Fsp3) is 0.368. The molecule has 130 valence electrons. The number of anilines is 1. The number of rotatable bonds is 4. The standard InChI is InChI=1S/C19H23N5O/c1-22-8-16-17-14(10-23(2)19(25)18(17)21)13-7-12(20)5-6-15(13)24(16)9-11-3-4-11/h5-7,10-11,21-22H,3-4,8-9,20H2,1-2H3. The van der Waals surface area contributed by atoms with E-state index < -0.39 is 0 Å². The smallest absolute Gasteiger partial charge is 0.276 e. The Morgan fingerprint density at radius 1 is 1.36 bits per heavy atom. The minimum absolute atomic E-state index is 0.0547. The van der Waals surface area contributed by atoms with Gasteiger partial charge >= 0.3 is 0 Å². The van der Waals surface area contributed by atoms with Crippen LogP contribution in [-0.2, 0) is 20.1 Å². The molecule has 0 atom stereocenters. The number of hydrogen-bond donors (Lipinski definition) is 3. The number of aromatic nitrogens is 2. The van der Waals surface area contributed by atoms with Gasteiger partial charge in [0.2, 0.25) is 0 Å². The second kappa shape index (κ2) is 5.74. The number of pyridine rings is 2. The summed E-state index contributed by atoms with van der Waals surface area (Å²) < 4.78 is 3.77. The molecule has 0 aromatic heterocycles. The lowest BCUT2D eigenvalue weighted by molar-refractivity contribution is 0.600. The average molecular weight is 337 g/mol. The highest BCUT2D eigenvalue weighted by Gasteiger charge is 2.26. The van der Waals surface area contributed by atoms with Crippen LogP contribution in [0.1, 0.15) is 18.5 Å². The monoisotopic (exact) mass is 337 g/mol. The van der Waals surface area contributed by atoms with Gasteiger partial charge < -0.3 is 20.2 Å². The van der Waals surface area contributed by atoms with Crippen LogP contribution >= 0.6 is 0 Å². The molecule has 1 aliphatic carbocycles. The summed E-state index contributed by atoms with van der Waals surface area (Å²) in [5, 5.41) is 12.7. The molecule has 0 spiro atoms. The highest BCUT2D eigenvalue weighted by Crippen LogP contribution is 2.37. The molecule has 25 heavy (non-hydrogen) atoms. The molecule has 1 fully saturated rings. The van der Waals surface area contributed by atoms with E-state index in [1.54, 1.807) is 7.05 Å². The first-order valence-corrected chi connectivity index (χ1v) is 8.64. The van der Waals surface area contributed by atoms with Crippen molar-refractivity contribution in [3.05, 3.63) is 45.8 Å². The van der Waals surface area contributed by atoms with Gasteiger partial charge in [-0.05, 0) is 44.0 Å². The Labute approximate surface area is 145 Å². The summed E-state index contributed by atoms with van der Waals surface area (Å²) in [7, 11) is 3.59. The van der Waals surface area contributed by atoms with Gasteiger partial charge in [0, 0.05) is 59.7 Å². The molecule has 0 bridgehead atoms. The van der Waals surface area contributed by atoms with E-state index in [1.165, 1.54) is 17.4 Å². The maximum Gasteiger partial charge on any atom is 0.276 e. The van der Waals surface area contributed by atoms with E-state index in [2.05, 4.69) is 16.0 Å². The van der Waals surface area contributed by atoms with E-state index in [-0.39, 0.29) is 10.9 Å². The third-order valence-corrected chi connectivity index (χ3v) is 5.07. The third-order valence-electron chi connectivity index (χ3n) is 5.07. The van der Waals surface area contributed by atoms with Crippen molar-refractivity contribution in [3.8, 4) is 11.1 Å². The number of nitrogens with two attached hydrogens (primary N) is 1. The normalized spacial score (nSPS) is 14.5. The van der Waals surface area contributed by atoms with Crippen molar-refractivity contribution < 1.29 is 0 Å². The average Bonchev–Trinajstić information content (AvgIpc) is 3.40. The summed E-state index contributed by atoms with van der Waals surface area (Å²) in [6.07, 6.45) is 4.31. The number of benzene rings is 1. The Bertz CT molecular complexity index is 1060. The van der Waals surface area contributed by atoms with E-state index in [1.807, 2.05) is 25.4 Å². The molecule has 0 radical (unpaired) electrons. The van der Waals surface area contributed by atoms with Crippen molar-refractivity contribution >= 4 is 16.6 Å². The molecular weight excluding hydrogens is 314 g/mol. The predicted molar refractivity (Wildman–Crippen MR) is 99.6 cm³/mol. The highest BCUT2D eigenvalue weighted by molar-refractivity contribution is 5.98. The molecule has 1 aromatic carbocycles. The second-order valence-electron chi connectivity index (χ2n) is 7.02. The van der Waals surface area contributed by atoms with Crippen LogP contribution in [0.15, 0.2) is 29.2 Å². The summed E-state index contributed by atoms with van der Waals surface area (Å²) >= 11 is 0. The summed E-state index contributed by atoms with van der Waals surface area (Å²) in [5.74, 6) is 0.680. The Balaban J connectivity index is 2.21. The van der Waals surface area contributed by atoms with Gasteiger partial charge in [0.15, 0.2) is 0 Å². The largest absolute Gasteiger partial charge is 0.399 e. The first kappa shape index (κ1) is 15.9. The summed E-state index contributed by atoms with van der Waals surface area (Å²) in [6, 6.07) is 5.93. The summed E-state index contributed by atoms with van der Waals surface area (Å²) in [4.78, 5) is 12.4. The van der Waals surface area contributed by atoms with Crippen LogP contribution in [0.4, 0.5) is 5.69 Å². The van der Waals surface area contributed by atoms with Gasteiger partial charge in [0.25, 0.3) is 5.56 Å². The Kier molecular flexibility index (Phi) is 3.65. The number of hydrogen-bond acceptors (Lipinski definition) is 4. The predicted octanol–water partition coefficient (Wildman–Crippen LogP) is 1.64. The first-order chi connectivity index (χ1) is 12.0. The van der Waals surface area contributed by atoms with Gasteiger partial charge in [0.05, 0.1) is 0 Å². The molecule has 2 heterocycles. The molecule has 1 saturated carbocycles. The molecule has 2 aliphatic heterocycles. The summed E-state index contributed by atoms with van der Waals surface area (Å²) in [5.41, 5.74) is 10.2. The van der Waals surface area contributed by atoms with Crippen LogP contribution in [0, 0.1) is 11.3 Å². The number of aryl methyl sites for hydroxylation is 1. The third kappa shape index (κ3) is 2.53. The number of nitrogen functional groups attached to an aromatic ring is 1. The van der Waals surface area contributed by atoms with E-state index >= 15 is 0 Å². The van der Waals surface area contributed by atoms with Gasteiger partial charge in [-0.2, -0.15) is 0 Å². The van der Waals surface area contributed by atoms with Crippen molar-refractivity contribution in [2.75, 3.05) is 12.8 Å². The minimum Gasteiger partial charge on any atom is -0.399 e. The van der Waals surface area contributed by atoms with Crippen LogP contribution in [0.5, 0.6) is 0 Å². The van der Waals surface area contributed by atoms with Gasteiger partial charge in [-0.25, -0.2) is 0 Å². The summed E-state index contributed by atoms with van der Waals surface area (Å²) in [6.45, 7) is 1.53. The Morgan fingerprint density at radius 2 is 2.12 bits per heavy atom. The highest BCUT2D eigenvalue weighted by atomic mass is 16.1. The lowest BCUT2D eigenvalue weighted by atomic mass is 9.96. The number of fused-ring (bicyclic) bond motifs is 3. The van der Waals surface area contributed by atoms with Gasteiger partial charge in [-0.3, -0.25) is 10.2 Å². The SMILES string of the molecule is CNCc1c2c(=N)c(=O)n(C)cc-2c2cc(N)ccc2n1CC1CC1. The maximum atomic E-state index is 12.4. The molecule has 0 saturated heterocycles. The lowest BCUT2D eigenvalue weighted by Crippen LogP contribution is -2.36. The van der Waals surface area contributed by atoms with Crippen molar-refractivity contribution in [3.63, 3.8) is 0 Å². The van der Waals surface area contributed by atoms with Crippen molar-refractivity contribution in [1.82, 2.24) is 14.5 Å². The fourth-order valence-electron chi connectivity index (χ4n) is 3.64. The zero-order chi connectivity index (χ0) is 17.7. The maximum absolute atomic E-state index is 12.4. The zero-order valence-electron chi connectivity index (χ0n) is 14.6. The molecule has 1 aromatic rings. The molecule has 6 nitrogen and oxygen atoms in total. The van der Waals surface area contributed by atoms with Gasteiger partial charge in [-0.1, -0.05) is 0 Å². The van der Waals surface area contributed by atoms with Crippen LogP contribution < -0.4 is 22.0 Å². The fourth-order valence-corrected chi connectivity index (χ4v) is 3.64. The molecule has 4 rings (SSSR count). The molecule has 3 aliphatic rings. The lowest BCUT2D eigenvalue weighted by Gasteiger charge is -2.24. The zero-order valence-corrected chi connectivity index (χ0v) is 14.6. The van der Waals surface area contributed by atoms with E-state index in [0.29, 0.717) is 18.2 Å². The molecule has 4 N–H and O–H groups in total. The van der Waals surface area contributed by atoms with E-state index in [9.17, 15) is 4.79 Å². The van der Waals surface area contributed by atoms with Crippen LogP contribution in [0.25, 0.3) is 22.0 Å². The molecular formula is C19H23N5O. The second-order valence-corrected chi connectivity index (χ2v) is 7.02. The van der Waals surface area contributed by atoms with Gasteiger partial charge in [-0.15, -0.1) is 0 Å². The van der Waals surface area contributed by atoms with Gasteiger partial charge in [0.1, 0.15) is 5.36 Å². The van der Waals surface area contributed by atoms with Crippen LogP contribution in [-0.4, -0.2) is 16.2 Å². The Hall–Kier alpha value is -2.60. The molecule has 6 heteroatoms. The van der Waals surface area contributed by atoms with Crippen molar-refractivity contribution in [1.29, 1.82) is 5.41 Å². The molecule has 0 unspecified atom stereocenters. The quantitative estimate of drug-likeness (QED) is 0.499. The number of nitrogens with zero attached hydrogens (tertiary/aromatic N) is 2. The topological polar surface area (TPSA) is 88.8 Å². The molecule has 0 amide bonds. The number of nitrogens with one attached hydrogen (secondary N) is 2. The first-order valence-electron chi connectivity index (χ1n) is 8.64. The van der Waals surface area contributed by atoms with E-state index in [4.69, 9.17) is 11.1 Å². The van der Waals surface area contributed by atoms with Crippen molar-refractivity contribution in [2.45, 2.75) is 25.9 Å². The van der Waals surface area contributed by atoms with Crippen LogP contribution in [0.3, 0.4) is 0 Å². The van der Waals surface area contributed by atoms with Crippen LogP contribution in [0.2, 0.25) is 0 Å². The van der Waals surface area contributed by atoms with E-state index in [0.717, 1.165) is 34.3 Å². The minimum atomic E-state index is -0.272.